The van der Waals surface area contributed by atoms with E-state index in [1.54, 1.807) is 0 Å². The molecule has 1 atom stereocenters. The molecule has 21 heavy (non-hydrogen) atoms. The number of thiophene rings is 1. The van der Waals surface area contributed by atoms with Crippen LogP contribution in [0.15, 0.2) is 54.6 Å². The first-order valence-electron chi connectivity index (χ1n) is 7.54. The van der Waals surface area contributed by atoms with Crippen LogP contribution in [0.2, 0.25) is 0 Å². The van der Waals surface area contributed by atoms with Crippen molar-refractivity contribution in [2.24, 2.45) is 0 Å². The predicted octanol–water partition coefficient (Wildman–Crippen LogP) is 5.10. The van der Waals surface area contributed by atoms with Crippen molar-refractivity contribution in [2.75, 3.05) is 6.54 Å². The topological polar surface area (TPSA) is 12.0 Å². The summed E-state index contributed by atoms with van der Waals surface area (Å²) in [6.07, 6.45) is 1.04. The highest BCUT2D eigenvalue weighted by Crippen LogP contribution is 2.28. The Hall–Kier alpha value is -1.64. The molecule has 0 radical (unpaired) electrons. The Labute approximate surface area is 130 Å². The van der Waals surface area contributed by atoms with Gasteiger partial charge in [-0.15, -0.1) is 11.3 Å². The number of fused-ring (bicyclic) bond motifs is 1. The van der Waals surface area contributed by atoms with Gasteiger partial charge in [-0.05, 0) is 48.4 Å². The molecule has 3 rings (SSSR count). The summed E-state index contributed by atoms with van der Waals surface area (Å²) in [7, 11) is 0. The van der Waals surface area contributed by atoms with Gasteiger partial charge in [0.05, 0.1) is 0 Å². The van der Waals surface area contributed by atoms with Gasteiger partial charge in [0.25, 0.3) is 0 Å². The third-order valence-corrected chi connectivity index (χ3v) is 4.97. The number of benzene rings is 2. The molecule has 108 valence electrons. The fourth-order valence-electron chi connectivity index (χ4n) is 2.85. The molecule has 0 aliphatic rings. The van der Waals surface area contributed by atoms with Crippen LogP contribution >= 0.6 is 11.3 Å². The molecule has 0 bridgehead atoms. The average Bonchev–Trinajstić information content (AvgIpc) is 2.94. The fraction of sp³-hybridized carbons (Fsp3) is 0.263. The Bertz CT molecular complexity index is 724. The molecular formula is C19H21NS. The van der Waals surface area contributed by atoms with Gasteiger partial charge in [-0.25, -0.2) is 0 Å². The lowest BCUT2D eigenvalue weighted by atomic mass is 9.98. The third kappa shape index (κ3) is 3.17. The van der Waals surface area contributed by atoms with Crippen molar-refractivity contribution in [2.45, 2.75) is 26.3 Å². The van der Waals surface area contributed by atoms with Gasteiger partial charge in [-0.2, -0.15) is 0 Å². The van der Waals surface area contributed by atoms with E-state index in [0.717, 1.165) is 13.0 Å². The van der Waals surface area contributed by atoms with Crippen molar-refractivity contribution in [3.8, 4) is 0 Å². The van der Waals surface area contributed by atoms with Crippen molar-refractivity contribution in [3.63, 3.8) is 0 Å². The summed E-state index contributed by atoms with van der Waals surface area (Å²) in [4.78, 5) is 2.81. The smallest absolute Gasteiger partial charge is 0.0455 e. The summed E-state index contributed by atoms with van der Waals surface area (Å²) in [6, 6.07) is 20.2. The minimum atomic E-state index is 0.402. The van der Waals surface area contributed by atoms with Gasteiger partial charge in [0.15, 0.2) is 0 Å². The van der Waals surface area contributed by atoms with E-state index in [-0.39, 0.29) is 0 Å². The maximum absolute atomic E-state index is 3.64. The first kappa shape index (κ1) is 14.3. The van der Waals surface area contributed by atoms with Crippen molar-refractivity contribution in [1.29, 1.82) is 0 Å². The number of nitrogens with one attached hydrogen (secondary N) is 1. The molecule has 0 aliphatic heterocycles. The second kappa shape index (κ2) is 6.42. The van der Waals surface area contributed by atoms with Gasteiger partial charge in [0, 0.05) is 15.8 Å². The van der Waals surface area contributed by atoms with Gasteiger partial charge in [0.2, 0.25) is 0 Å². The second-order valence-corrected chi connectivity index (χ2v) is 6.72. The molecule has 0 saturated carbocycles. The van der Waals surface area contributed by atoms with Crippen LogP contribution in [0.1, 0.15) is 28.3 Å². The summed E-state index contributed by atoms with van der Waals surface area (Å²) in [6.45, 7) is 5.35. The van der Waals surface area contributed by atoms with E-state index < -0.39 is 0 Å². The molecule has 0 fully saturated rings. The maximum atomic E-state index is 3.64. The molecule has 2 heteroatoms. The minimum Gasteiger partial charge on any atom is -0.309 e. The van der Waals surface area contributed by atoms with Gasteiger partial charge in [0.1, 0.15) is 0 Å². The number of likely N-dealkylation sites (N-methyl/N-ethyl adjacent to an activating group) is 1. The molecule has 0 saturated heterocycles. The summed E-state index contributed by atoms with van der Waals surface area (Å²) in [5, 5.41) is 6.33. The normalized spacial score (nSPS) is 12.7. The van der Waals surface area contributed by atoms with Gasteiger partial charge >= 0.3 is 0 Å². The Balaban J connectivity index is 1.94. The van der Waals surface area contributed by atoms with E-state index in [4.69, 9.17) is 0 Å². The molecular weight excluding hydrogens is 274 g/mol. The minimum absolute atomic E-state index is 0.402. The van der Waals surface area contributed by atoms with E-state index in [2.05, 4.69) is 73.8 Å². The van der Waals surface area contributed by atoms with Crippen LogP contribution in [0.25, 0.3) is 10.8 Å². The van der Waals surface area contributed by atoms with Crippen molar-refractivity contribution in [3.05, 3.63) is 69.9 Å². The molecule has 1 aromatic heterocycles. The van der Waals surface area contributed by atoms with E-state index in [1.165, 1.54) is 26.1 Å². The van der Waals surface area contributed by atoms with Crippen LogP contribution in [0.5, 0.6) is 0 Å². The summed E-state index contributed by atoms with van der Waals surface area (Å²) < 4.78 is 0. The average molecular weight is 295 g/mol. The molecule has 1 N–H and O–H groups in total. The standard InChI is InChI=1S/C19H21NS/c1-3-20-18(19-12-11-14(2)21-19)13-16-9-6-8-15-7-4-5-10-17(15)16/h4-12,18,20H,3,13H2,1-2H3. The monoisotopic (exact) mass is 295 g/mol. The van der Waals surface area contributed by atoms with Gasteiger partial charge in [-0.1, -0.05) is 49.4 Å². The van der Waals surface area contributed by atoms with Crippen LogP contribution in [-0.2, 0) is 6.42 Å². The number of hydrogen-bond acceptors (Lipinski definition) is 2. The van der Waals surface area contributed by atoms with Crippen LogP contribution in [-0.4, -0.2) is 6.54 Å². The van der Waals surface area contributed by atoms with Gasteiger partial charge in [-0.3, -0.25) is 0 Å². The highest BCUT2D eigenvalue weighted by Gasteiger charge is 2.14. The first-order valence-corrected chi connectivity index (χ1v) is 8.36. The zero-order valence-corrected chi connectivity index (χ0v) is 13.4. The fourth-order valence-corrected chi connectivity index (χ4v) is 3.80. The molecule has 1 nitrogen and oxygen atoms in total. The van der Waals surface area contributed by atoms with E-state index in [1.807, 2.05) is 11.3 Å². The van der Waals surface area contributed by atoms with Crippen molar-refractivity contribution >= 4 is 22.1 Å². The Morgan fingerprint density at radius 2 is 1.81 bits per heavy atom. The summed E-state index contributed by atoms with van der Waals surface area (Å²) in [5.74, 6) is 0. The van der Waals surface area contributed by atoms with E-state index in [0.29, 0.717) is 6.04 Å². The molecule has 3 aromatic rings. The molecule has 2 aromatic carbocycles. The van der Waals surface area contributed by atoms with Gasteiger partial charge < -0.3 is 5.32 Å². The lowest BCUT2D eigenvalue weighted by Crippen LogP contribution is -2.22. The third-order valence-electron chi connectivity index (χ3n) is 3.86. The van der Waals surface area contributed by atoms with Crippen molar-refractivity contribution < 1.29 is 0 Å². The number of rotatable bonds is 5. The Morgan fingerprint density at radius 1 is 1.00 bits per heavy atom. The summed E-state index contributed by atoms with van der Waals surface area (Å²) in [5.41, 5.74) is 1.42. The molecule has 0 amide bonds. The number of hydrogen-bond donors (Lipinski definition) is 1. The lowest BCUT2D eigenvalue weighted by molar-refractivity contribution is 0.560. The van der Waals surface area contributed by atoms with E-state index in [9.17, 15) is 0 Å². The second-order valence-electron chi connectivity index (χ2n) is 5.40. The lowest BCUT2D eigenvalue weighted by Gasteiger charge is -2.18. The Kier molecular flexibility index (Phi) is 4.37. The first-order chi connectivity index (χ1) is 10.3. The molecule has 1 heterocycles. The SMILES string of the molecule is CCNC(Cc1cccc2ccccc12)c1ccc(C)s1. The van der Waals surface area contributed by atoms with Crippen LogP contribution in [0, 0.1) is 6.92 Å². The van der Waals surface area contributed by atoms with Crippen LogP contribution in [0.4, 0.5) is 0 Å². The number of aryl methyl sites for hydroxylation is 1. The molecule has 1 unspecified atom stereocenters. The molecule has 0 spiro atoms. The highest BCUT2D eigenvalue weighted by molar-refractivity contribution is 7.12. The van der Waals surface area contributed by atoms with Crippen LogP contribution < -0.4 is 5.32 Å². The molecule has 0 aliphatic carbocycles. The largest absolute Gasteiger partial charge is 0.309 e. The Morgan fingerprint density at radius 3 is 2.57 bits per heavy atom. The predicted molar refractivity (Wildman–Crippen MR) is 93.1 cm³/mol. The zero-order chi connectivity index (χ0) is 14.7. The maximum Gasteiger partial charge on any atom is 0.0455 e. The highest BCUT2D eigenvalue weighted by atomic mass is 32.1. The zero-order valence-electron chi connectivity index (χ0n) is 12.6. The van der Waals surface area contributed by atoms with E-state index >= 15 is 0 Å². The summed E-state index contributed by atoms with van der Waals surface area (Å²) >= 11 is 1.90. The quantitative estimate of drug-likeness (QED) is 0.690. The van der Waals surface area contributed by atoms with Crippen LogP contribution in [0.3, 0.4) is 0 Å². The van der Waals surface area contributed by atoms with Crippen molar-refractivity contribution in [1.82, 2.24) is 5.32 Å².